The number of nitrogens with two attached hydrogens (primary N) is 1. The smallest absolute Gasteiger partial charge is 0.244 e. The summed E-state index contributed by atoms with van der Waals surface area (Å²) >= 11 is 0. The van der Waals surface area contributed by atoms with E-state index in [1.54, 1.807) is 20.9 Å². The number of nitrogens with one attached hydrogen (secondary N) is 2. The van der Waals surface area contributed by atoms with Crippen molar-refractivity contribution in [1.29, 1.82) is 0 Å². The first kappa shape index (κ1) is 24.8. The average Bonchev–Trinajstić information content (AvgIpc) is 2.70. The molecule has 2 atom stereocenters. The van der Waals surface area contributed by atoms with Crippen molar-refractivity contribution in [2.45, 2.75) is 64.4 Å². The highest BCUT2D eigenvalue weighted by atomic mass is 35.5. The second-order valence-electron chi connectivity index (χ2n) is 7.32. The molecule has 0 fully saturated rings. The second-order valence-corrected chi connectivity index (χ2v) is 8.97. The maximum Gasteiger partial charge on any atom is 0.244 e. The lowest BCUT2D eigenvalue weighted by molar-refractivity contribution is -0.124. The van der Waals surface area contributed by atoms with E-state index < -0.39 is 27.5 Å². The third kappa shape index (κ3) is 5.94. The number of hydrogen-bond donors (Lipinski definition) is 3. The van der Waals surface area contributed by atoms with Crippen LogP contribution in [0.2, 0.25) is 0 Å². The van der Waals surface area contributed by atoms with Crippen LogP contribution in [0.4, 0.5) is 0 Å². The van der Waals surface area contributed by atoms with Crippen LogP contribution in [0.15, 0.2) is 4.90 Å². The Labute approximate surface area is 162 Å². The van der Waals surface area contributed by atoms with Crippen LogP contribution in [0.3, 0.4) is 0 Å². The maximum absolute atomic E-state index is 12.6. The van der Waals surface area contributed by atoms with Gasteiger partial charge in [-0.25, -0.2) is 8.42 Å². The first-order valence-corrected chi connectivity index (χ1v) is 9.86. The standard InChI is InChI=1S/C16H31N5O3S.ClH/c1-10(2)8-16(6,9-17)18-15(22)12(4)20-25(23,24)14-11(3)19-21(7)13(14)5;/h10,12,20H,8-9,17H2,1-7H3,(H,18,22);1H. The molecule has 0 saturated carbocycles. The zero-order valence-corrected chi connectivity index (χ0v) is 18.2. The van der Waals surface area contributed by atoms with Crippen molar-refractivity contribution in [2.75, 3.05) is 6.54 Å². The molecular weight excluding hydrogens is 378 g/mol. The Morgan fingerprint density at radius 3 is 2.23 bits per heavy atom. The van der Waals surface area contributed by atoms with Crippen LogP contribution in [-0.4, -0.2) is 42.2 Å². The molecule has 0 aliphatic rings. The number of rotatable bonds is 8. The highest BCUT2D eigenvalue weighted by Gasteiger charge is 2.31. The Kier molecular flexibility index (Phi) is 8.75. The topological polar surface area (TPSA) is 119 Å². The number of nitrogens with zero attached hydrogens (tertiary/aromatic N) is 2. The molecule has 0 aliphatic carbocycles. The van der Waals surface area contributed by atoms with Gasteiger partial charge >= 0.3 is 0 Å². The molecule has 1 rings (SSSR count). The summed E-state index contributed by atoms with van der Waals surface area (Å²) in [6.45, 7) is 11.0. The summed E-state index contributed by atoms with van der Waals surface area (Å²) in [5.41, 5.74) is 6.13. The van der Waals surface area contributed by atoms with Crippen molar-refractivity contribution in [3.8, 4) is 0 Å². The minimum Gasteiger partial charge on any atom is -0.348 e. The van der Waals surface area contributed by atoms with Gasteiger partial charge in [0.2, 0.25) is 15.9 Å². The fourth-order valence-corrected chi connectivity index (χ4v) is 4.62. The molecule has 1 heterocycles. The van der Waals surface area contributed by atoms with Gasteiger partial charge in [0.15, 0.2) is 0 Å². The Hall–Kier alpha value is -1.16. The molecule has 0 aliphatic heterocycles. The van der Waals surface area contributed by atoms with Crippen molar-refractivity contribution >= 4 is 28.3 Å². The first-order valence-electron chi connectivity index (χ1n) is 8.37. The van der Waals surface area contributed by atoms with Crippen LogP contribution in [0, 0.1) is 19.8 Å². The van der Waals surface area contributed by atoms with E-state index in [-0.39, 0.29) is 23.8 Å². The van der Waals surface area contributed by atoms with Crippen molar-refractivity contribution in [1.82, 2.24) is 19.8 Å². The van der Waals surface area contributed by atoms with E-state index in [1.165, 1.54) is 11.6 Å². The third-order valence-electron chi connectivity index (χ3n) is 4.17. The SMILES string of the molecule is Cc1nn(C)c(C)c1S(=O)(=O)NC(C)C(=O)NC(C)(CN)CC(C)C.Cl. The van der Waals surface area contributed by atoms with Gasteiger partial charge in [-0.3, -0.25) is 9.48 Å². The van der Waals surface area contributed by atoms with E-state index in [9.17, 15) is 13.2 Å². The van der Waals surface area contributed by atoms with Gasteiger partial charge in [0, 0.05) is 19.1 Å². The quantitative estimate of drug-likeness (QED) is 0.591. The molecule has 1 aromatic rings. The summed E-state index contributed by atoms with van der Waals surface area (Å²) in [7, 11) is -2.18. The number of carbonyl (C=O) groups is 1. The lowest BCUT2D eigenvalue weighted by Gasteiger charge is -2.32. The Morgan fingerprint density at radius 2 is 1.85 bits per heavy atom. The second kappa shape index (κ2) is 9.16. The third-order valence-corrected chi connectivity index (χ3v) is 5.96. The summed E-state index contributed by atoms with van der Waals surface area (Å²) in [5, 5.41) is 6.99. The normalized spacial score (nSPS) is 15.3. The van der Waals surface area contributed by atoms with Gasteiger partial charge in [-0.05, 0) is 40.0 Å². The molecule has 10 heteroatoms. The van der Waals surface area contributed by atoms with Crippen LogP contribution in [0.25, 0.3) is 0 Å². The lowest BCUT2D eigenvalue weighted by Crippen LogP contribution is -2.57. The van der Waals surface area contributed by atoms with Crippen molar-refractivity contribution in [3.63, 3.8) is 0 Å². The molecular formula is C16H32ClN5O3S. The highest BCUT2D eigenvalue weighted by Crippen LogP contribution is 2.19. The lowest BCUT2D eigenvalue weighted by atomic mass is 9.90. The fraction of sp³-hybridized carbons (Fsp3) is 0.750. The van der Waals surface area contributed by atoms with E-state index in [2.05, 4.69) is 15.1 Å². The van der Waals surface area contributed by atoms with Gasteiger partial charge < -0.3 is 11.1 Å². The highest BCUT2D eigenvalue weighted by molar-refractivity contribution is 7.89. The average molecular weight is 410 g/mol. The van der Waals surface area contributed by atoms with Gasteiger partial charge in [0.1, 0.15) is 4.90 Å². The zero-order valence-electron chi connectivity index (χ0n) is 16.6. The number of amides is 1. The van der Waals surface area contributed by atoms with Crippen molar-refractivity contribution in [3.05, 3.63) is 11.4 Å². The summed E-state index contributed by atoms with van der Waals surface area (Å²) in [4.78, 5) is 12.6. The number of hydrogen-bond acceptors (Lipinski definition) is 5. The first-order chi connectivity index (χ1) is 11.3. The summed E-state index contributed by atoms with van der Waals surface area (Å²) in [5.74, 6) is -0.0575. The summed E-state index contributed by atoms with van der Waals surface area (Å²) in [6.07, 6.45) is 0.704. The van der Waals surface area contributed by atoms with Crippen molar-refractivity contribution < 1.29 is 13.2 Å². The number of sulfonamides is 1. The maximum atomic E-state index is 12.6. The minimum atomic E-state index is -3.86. The van der Waals surface area contributed by atoms with Gasteiger partial charge in [-0.15, -0.1) is 12.4 Å². The van der Waals surface area contributed by atoms with Gasteiger partial charge in [0.05, 0.1) is 17.4 Å². The molecule has 2 unspecified atom stereocenters. The molecule has 0 saturated heterocycles. The van der Waals surface area contributed by atoms with Crippen LogP contribution >= 0.6 is 12.4 Å². The summed E-state index contributed by atoms with van der Waals surface area (Å²) in [6, 6.07) is -0.929. The Bertz CT molecular complexity index is 732. The van der Waals surface area contributed by atoms with E-state index in [1.807, 2.05) is 20.8 Å². The van der Waals surface area contributed by atoms with Crippen molar-refractivity contribution in [2.24, 2.45) is 18.7 Å². The van der Waals surface area contributed by atoms with Crippen LogP contribution in [0.1, 0.15) is 45.5 Å². The molecule has 1 aromatic heterocycles. The zero-order chi connectivity index (χ0) is 19.6. The largest absolute Gasteiger partial charge is 0.348 e. The molecule has 26 heavy (non-hydrogen) atoms. The van der Waals surface area contributed by atoms with Gasteiger partial charge in [-0.2, -0.15) is 9.82 Å². The van der Waals surface area contributed by atoms with Crippen LogP contribution in [-0.2, 0) is 21.9 Å². The van der Waals surface area contributed by atoms with Gasteiger partial charge in [-0.1, -0.05) is 13.8 Å². The predicted octanol–water partition coefficient (Wildman–Crippen LogP) is 1.01. The molecule has 4 N–H and O–H groups in total. The monoisotopic (exact) mass is 409 g/mol. The molecule has 0 radical (unpaired) electrons. The van der Waals surface area contributed by atoms with E-state index in [4.69, 9.17) is 5.73 Å². The molecule has 152 valence electrons. The number of halogens is 1. The van der Waals surface area contributed by atoms with Crippen LogP contribution < -0.4 is 15.8 Å². The van der Waals surface area contributed by atoms with Gasteiger partial charge in [0.25, 0.3) is 0 Å². The van der Waals surface area contributed by atoms with E-state index in [0.717, 1.165) is 0 Å². The molecule has 1 amide bonds. The number of aryl methyl sites for hydroxylation is 2. The van der Waals surface area contributed by atoms with E-state index >= 15 is 0 Å². The molecule has 0 spiro atoms. The molecule has 0 bridgehead atoms. The van der Waals surface area contributed by atoms with E-state index in [0.29, 0.717) is 23.7 Å². The van der Waals surface area contributed by atoms with Crippen LogP contribution in [0.5, 0.6) is 0 Å². The minimum absolute atomic E-state index is 0. The fourth-order valence-electron chi connectivity index (χ4n) is 2.98. The summed E-state index contributed by atoms with van der Waals surface area (Å²) < 4.78 is 29.2. The predicted molar refractivity (Wildman–Crippen MR) is 105 cm³/mol. The Balaban J connectivity index is 0.00000625. The number of aromatic nitrogens is 2. The molecule has 0 aromatic carbocycles. The molecule has 8 nitrogen and oxygen atoms in total. The number of carbonyl (C=O) groups excluding carboxylic acids is 1. The Morgan fingerprint density at radius 1 is 1.31 bits per heavy atom.